The van der Waals surface area contributed by atoms with Crippen LogP contribution in [0.15, 0.2) is 89.9 Å². The minimum absolute atomic E-state index is 0.108. The zero-order valence-electron chi connectivity index (χ0n) is 15.9. The van der Waals surface area contributed by atoms with Gasteiger partial charge in [-0.15, -0.1) is 0 Å². The van der Waals surface area contributed by atoms with Crippen molar-refractivity contribution in [2.75, 3.05) is 10.2 Å². The van der Waals surface area contributed by atoms with Crippen LogP contribution in [-0.2, 0) is 9.59 Å². The summed E-state index contributed by atoms with van der Waals surface area (Å²) < 4.78 is 0. The minimum Gasteiger partial charge on any atom is -0.335 e. The number of hydrogen-bond donors (Lipinski definition) is 1. The van der Waals surface area contributed by atoms with Crippen molar-refractivity contribution in [3.05, 3.63) is 90.0 Å². The smallest absolute Gasteiger partial charge is 0.247 e. The van der Waals surface area contributed by atoms with Gasteiger partial charge in [0.25, 0.3) is 0 Å². The maximum Gasteiger partial charge on any atom is 0.247 e. The van der Waals surface area contributed by atoms with E-state index in [1.165, 1.54) is 16.7 Å². The normalized spacial score (nSPS) is 16.8. The van der Waals surface area contributed by atoms with Gasteiger partial charge in [-0.3, -0.25) is 9.59 Å². The molecular formula is C23H18ClN3O2S. The second-order valence-electron chi connectivity index (χ2n) is 6.60. The summed E-state index contributed by atoms with van der Waals surface area (Å²) in [5.41, 5.74) is 2.14. The highest BCUT2D eigenvalue weighted by atomic mass is 35.5. The lowest BCUT2D eigenvalue weighted by molar-refractivity contribution is -0.121. The first-order valence-corrected chi connectivity index (χ1v) is 10.6. The molecule has 0 spiro atoms. The lowest BCUT2D eigenvalue weighted by Gasteiger charge is -2.16. The molecule has 150 valence electrons. The average molecular weight is 436 g/mol. The molecule has 5 nitrogen and oxygen atoms in total. The summed E-state index contributed by atoms with van der Waals surface area (Å²) in [4.78, 5) is 31.5. The third-order valence-corrected chi connectivity index (χ3v) is 5.78. The first-order chi connectivity index (χ1) is 14.6. The average Bonchev–Trinajstić information content (AvgIpc) is 3.03. The topological polar surface area (TPSA) is 61.8 Å². The number of aliphatic imine (C=N–C) groups is 1. The molecule has 1 fully saturated rings. The Morgan fingerprint density at radius 3 is 2.23 bits per heavy atom. The molecule has 7 heteroatoms. The van der Waals surface area contributed by atoms with E-state index in [1.54, 1.807) is 24.3 Å². The van der Waals surface area contributed by atoms with Crippen molar-refractivity contribution < 1.29 is 9.59 Å². The zero-order chi connectivity index (χ0) is 20.9. The van der Waals surface area contributed by atoms with Gasteiger partial charge < -0.3 is 5.32 Å². The summed E-state index contributed by atoms with van der Waals surface area (Å²) in [5, 5.41) is 3.80. The van der Waals surface area contributed by atoms with E-state index in [2.05, 4.69) is 10.3 Å². The van der Waals surface area contributed by atoms with Crippen LogP contribution in [0.3, 0.4) is 0 Å². The maximum absolute atomic E-state index is 13.0. The number of benzene rings is 3. The van der Waals surface area contributed by atoms with Gasteiger partial charge in [0.2, 0.25) is 11.8 Å². The fourth-order valence-corrected chi connectivity index (χ4v) is 4.20. The number of imide groups is 1. The van der Waals surface area contributed by atoms with Gasteiger partial charge in [-0.05, 0) is 48.5 Å². The van der Waals surface area contributed by atoms with Gasteiger partial charge in [-0.25, -0.2) is 9.89 Å². The zero-order valence-corrected chi connectivity index (χ0v) is 17.4. The van der Waals surface area contributed by atoms with Crippen LogP contribution < -0.4 is 10.2 Å². The van der Waals surface area contributed by atoms with E-state index < -0.39 is 5.25 Å². The summed E-state index contributed by atoms with van der Waals surface area (Å²) in [5.74, 6) is -0.499. The summed E-state index contributed by atoms with van der Waals surface area (Å²) >= 11 is 7.18. The molecule has 1 atom stereocenters. The largest absolute Gasteiger partial charge is 0.335 e. The first kappa shape index (κ1) is 20.2. The second kappa shape index (κ2) is 9.15. The number of carbonyl (C=O) groups excluding carboxylic acids is 2. The van der Waals surface area contributed by atoms with Crippen LogP contribution in [0.4, 0.5) is 17.1 Å². The van der Waals surface area contributed by atoms with Gasteiger partial charge >= 0.3 is 0 Å². The highest BCUT2D eigenvalue weighted by Gasteiger charge is 2.40. The number of amides is 2. The van der Waals surface area contributed by atoms with E-state index >= 15 is 0 Å². The molecule has 3 aromatic carbocycles. The van der Waals surface area contributed by atoms with Crippen molar-refractivity contribution in [1.29, 1.82) is 0 Å². The van der Waals surface area contributed by atoms with E-state index in [-0.39, 0.29) is 18.2 Å². The number of thioether (sulfide) groups is 1. The molecule has 4 rings (SSSR count). The van der Waals surface area contributed by atoms with Crippen molar-refractivity contribution in [3.63, 3.8) is 0 Å². The molecule has 1 heterocycles. The van der Waals surface area contributed by atoms with Gasteiger partial charge in [0.15, 0.2) is 5.17 Å². The molecule has 0 bridgehead atoms. The number of nitrogens with zero attached hydrogens (tertiary/aromatic N) is 2. The van der Waals surface area contributed by atoms with Crippen LogP contribution in [0.2, 0.25) is 5.02 Å². The van der Waals surface area contributed by atoms with Gasteiger partial charge in [0, 0.05) is 17.1 Å². The Balaban J connectivity index is 1.58. The molecule has 3 aromatic rings. The third-order valence-electron chi connectivity index (χ3n) is 4.46. The second-order valence-corrected chi connectivity index (χ2v) is 8.23. The molecule has 30 heavy (non-hydrogen) atoms. The monoisotopic (exact) mass is 435 g/mol. The van der Waals surface area contributed by atoms with E-state index in [4.69, 9.17) is 11.6 Å². The van der Waals surface area contributed by atoms with Gasteiger partial charge in [-0.2, -0.15) is 0 Å². The molecule has 0 radical (unpaired) electrons. The van der Waals surface area contributed by atoms with Crippen molar-refractivity contribution in [2.45, 2.75) is 11.7 Å². The van der Waals surface area contributed by atoms with Crippen LogP contribution in [0, 0.1) is 0 Å². The predicted molar refractivity (Wildman–Crippen MR) is 124 cm³/mol. The number of nitrogens with one attached hydrogen (secondary N) is 1. The highest BCUT2D eigenvalue weighted by molar-refractivity contribution is 8.15. The number of hydrogen-bond acceptors (Lipinski definition) is 4. The van der Waals surface area contributed by atoms with Crippen LogP contribution in [0.5, 0.6) is 0 Å². The molecule has 2 amide bonds. The molecule has 0 saturated carbocycles. The number of amidine groups is 1. The predicted octanol–water partition coefficient (Wildman–Crippen LogP) is 5.50. The van der Waals surface area contributed by atoms with Crippen molar-refractivity contribution in [3.8, 4) is 0 Å². The molecular weight excluding hydrogens is 418 g/mol. The van der Waals surface area contributed by atoms with Crippen LogP contribution >= 0.6 is 23.4 Å². The maximum atomic E-state index is 13.0. The Kier molecular flexibility index (Phi) is 6.16. The van der Waals surface area contributed by atoms with Gasteiger partial charge in [-0.1, -0.05) is 59.8 Å². The van der Waals surface area contributed by atoms with Gasteiger partial charge in [0.05, 0.1) is 11.4 Å². The van der Waals surface area contributed by atoms with E-state index in [0.717, 1.165) is 11.4 Å². The highest BCUT2D eigenvalue weighted by Crippen LogP contribution is 2.32. The number of rotatable bonds is 4. The fraction of sp³-hybridized carbons (Fsp3) is 0.0870. The standard InChI is InChI=1S/C23H18ClN3O2S/c24-16-11-13-19(14-12-16)27-21(28)15-20(22(27)29)30-23(25-17-7-3-1-4-8-17)26-18-9-5-2-6-10-18/h1-14,20H,15H2,(H,25,26)/t20-/m0/s1. The van der Waals surface area contributed by atoms with Gasteiger partial charge in [0.1, 0.15) is 5.25 Å². The van der Waals surface area contributed by atoms with Crippen LogP contribution in [0.1, 0.15) is 6.42 Å². The lowest BCUT2D eigenvalue weighted by atomic mass is 10.3. The fourth-order valence-electron chi connectivity index (χ4n) is 3.04. The molecule has 1 aliphatic heterocycles. The Morgan fingerprint density at radius 1 is 0.933 bits per heavy atom. The third kappa shape index (κ3) is 4.72. The van der Waals surface area contributed by atoms with E-state index in [9.17, 15) is 9.59 Å². The van der Waals surface area contributed by atoms with Crippen LogP contribution in [-0.4, -0.2) is 22.2 Å². The molecule has 1 aliphatic rings. The Labute approximate surface area is 183 Å². The molecule has 1 saturated heterocycles. The summed E-state index contributed by atoms with van der Waals surface area (Å²) in [6.45, 7) is 0. The van der Waals surface area contributed by atoms with Crippen molar-refractivity contribution >= 4 is 57.4 Å². The summed E-state index contributed by atoms with van der Waals surface area (Å²) in [7, 11) is 0. The van der Waals surface area contributed by atoms with Crippen LogP contribution in [0.25, 0.3) is 0 Å². The Hall–Kier alpha value is -3.09. The minimum atomic E-state index is -0.563. The number of halogens is 1. The SMILES string of the molecule is O=C1C[C@H](SC(=Nc2ccccc2)Nc2ccccc2)C(=O)N1c1ccc(Cl)cc1. The molecule has 1 N–H and O–H groups in total. The summed E-state index contributed by atoms with van der Waals surface area (Å²) in [6.07, 6.45) is 0.108. The number of carbonyl (C=O) groups is 2. The van der Waals surface area contributed by atoms with E-state index in [0.29, 0.717) is 15.9 Å². The van der Waals surface area contributed by atoms with Crippen molar-refractivity contribution in [2.24, 2.45) is 4.99 Å². The first-order valence-electron chi connectivity index (χ1n) is 9.35. The lowest BCUT2D eigenvalue weighted by Crippen LogP contribution is -2.31. The summed E-state index contributed by atoms with van der Waals surface area (Å²) in [6, 6.07) is 25.8. The molecule has 0 aromatic heterocycles. The Morgan fingerprint density at radius 2 is 1.57 bits per heavy atom. The molecule has 0 unspecified atom stereocenters. The van der Waals surface area contributed by atoms with Crippen molar-refractivity contribution in [1.82, 2.24) is 0 Å². The van der Waals surface area contributed by atoms with E-state index in [1.807, 2.05) is 60.7 Å². The number of anilines is 2. The Bertz CT molecular complexity index is 1070. The molecule has 0 aliphatic carbocycles. The number of para-hydroxylation sites is 2. The quantitative estimate of drug-likeness (QED) is 0.333.